The molecule has 1 saturated heterocycles. The number of hydrogen-bond donors (Lipinski definition) is 2. The van der Waals surface area contributed by atoms with E-state index >= 15 is 0 Å². The number of rotatable bonds is 9. The summed E-state index contributed by atoms with van der Waals surface area (Å²) in [7, 11) is 0. The summed E-state index contributed by atoms with van der Waals surface area (Å²) in [4.78, 5) is 24.1. The van der Waals surface area contributed by atoms with Gasteiger partial charge >= 0.3 is 12.0 Å². The van der Waals surface area contributed by atoms with E-state index in [9.17, 15) is 9.59 Å². The molecule has 21 heavy (non-hydrogen) atoms. The van der Waals surface area contributed by atoms with Gasteiger partial charge in [-0.2, -0.15) is 0 Å². The lowest BCUT2D eigenvalue weighted by atomic mass is 10.1. The van der Waals surface area contributed by atoms with Gasteiger partial charge in [-0.3, -0.25) is 0 Å². The molecule has 122 valence electrons. The van der Waals surface area contributed by atoms with Crippen molar-refractivity contribution in [1.82, 2.24) is 10.2 Å². The molecule has 1 aliphatic heterocycles. The van der Waals surface area contributed by atoms with E-state index in [-0.39, 0.29) is 18.7 Å². The number of urea groups is 1. The summed E-state index contributed by atoms with van der Waals surface area (Å²) in [6, 6.07) is -0.0674. The first-order valence-corrected chi connectivity index (χ1v) is 7.57. The highest BCUT2D eigenvalue weighted by molar-refractivity contribution is 5.74. The molecule has 0 radical (unpaired) electrons. The number of carbonyl (C=O) groups is 2. The van der Waals surface area contributed by atoms with E-state index in [2.05, 4.69) is 12.2 Å². The molecule has 1 heterocycles. The van der Waals surface area contributed by atoms with Gasteiger partial charge in [0, 0.05) is 32.8 Å². The summed E-state index contributed by atoms with van der Waals surface area (Å²) in [6.07, 6.45) is 3.11. The number of amides is 2. The van der Waals surface area contributed by atoms with Crippen molar-refractivity contribution in [3.05, 3.63) is 0 Å². The third-order valence-electron chi connectivity index (χ3n) is 3.26. The summed E-state index contributed by atoms with van der Waals surface area (Å²) in [6.45, 7) is 5.03. The van der Waals surface area contributed by atoms with Crippen LogP contribution in [0.2, 0.25) is 0 Å². The highest BCUT2D eigenvalue weighted by Crippen LogP contribution is 2.13. The summed E-state index contributed by atoms with van der Waals surface area (Å²) in [5, 5.41) is 11.4. The maximum atomic E-state index is 11.9. The number of nitrogens with zero attached hydrogens (tertiary/aromatic N) is 1. The van der Waals surface area contributed by atoms with Crippen molar-refractivity contribution in [2.45, 2.75) is 38.7 Å². The minimum absolute atomic E-state index is 0.0624. The standard InChI is InChI=1S/C14H26N2O5/c1-2-9-20-10-3-6-15-14(19)16-7-4-12(5-8-16)21-11-13(17)18/h12H,2-11H2,1H3,(H,15,19)(H,17,18). The van der Waals surface area contributed by atoms with Crippen molar-refractivity contribution in [2.24, 2.45) is 0 Å². The van der Waals surface area contributed by atoms with Crippen LogP contribution in [-0.2, 0) is 14.3 Å². The number of nitrogens with one attached hydrogen (secondary N) is 1. The normalized spacial score (nSPS) is 16.0. The number of carboxylic acid groups (broad SMARTS) is 1. The number of likely N-dealkylation sites (tertiary alicyclic amines) is 1. The molecule has 1 rings (SSSR count). The minimum Gasteiger partial charge on any atom is -0.480 e. The fraction of sp³-hybridized carbons (Fsp3) is 0.857. The number of ether oxygens (including phenoxy) is 2. The summed E-state index contributed by atoms with van der Waals surface area (Å²) < 4.78 is 10.6. The Balaban J connectivity index is 2.07. The van der Waals surface area contributed by atoms with E-state index in [1.807, 2.05) is 0 Å². The van der Waals surface area contributed by atoms with Crippen molar-refractivity contribution in [3.63, 3.8) is 0 Å². The lowest BCUT2D eigenvalue weighted by Crippen LogP contribution is -2.46. The van der Waals surface area contributed by atoms with Crippen LogP contribution in [0.4, 0.5) is 4.79 Å². The Morgan fingerprint density at radius 3 is 2.62 bits per heavy atom. The van der Waals surface area contributed by atoms with Gasteiger partial charge in [0.05, 0.1) is 6.10 Å². The maximum absolute atomic E-state index is 11.9. The zero-order valence-corrected chi connectivity index (χ0v) is 12.7. The maximum Gasteiger partial charge on any atom is 0.329 e. The van der Waals surface area contributed by atoms with Crippen LogP contribution in [-0.4, -0.2) is 67.6 Å². The third-order valence-corrected chi connectivity index (χ3v) is 3.26. The Hall–Kier alpha value is -1.34. The predicted octanol–water partition coefficient (Wildman–Crippen LogP) is 1.08. The van der Waals surface area contributed by atoms with E-state index in [0.29, 0.717) is 39.1 Å². The molecule has 0 saturated carbocycles. The van der Waals surface area contributed by atoms with Gasteiger partial charge in [0.25, 0.3) is 0 Å². The zero-order chi connectivity index (χ0) is 15.5. The van der Waals surface area contributed by atoms with Crippen LogP contribution in [0.25, 0.3) is 0 Å². The van der Waals surface area contributed by atoms with Gasteiger partial charge in [-0.05, 0) is 25.7 Å². The molecule has 2 N–H and O–H groups in total. The first-order valence-electron chi connectivity index (χ1n) is 7.57. The molecule has 0 spiro atoms. The number of aliphatic carboxylic acids is 1. The van der Waals surface area contributed by atoms with Crippen molar-refractivity contribution < 1.29 is 24.2 Å². The number of carboxylic acids is 1. The molecule has 0 bridgehead atoms. The SMILES string of the molecule is CCCOCCCNC(=O)N1CCC(OCC(=O)O)CC1. The van der Waals surface area contributed by atoms with E-state index < -0.39 is 5.97 Å². The fourth-order valence-corrected chi connectivity index (χ4v) is 2.14. The van der Waals surface area contributed by atoms with Crippen LogP contribution >= 0.6 is 0 Å². The van der Waals surface area contributed by atoms with Crippen LogP contribution in [0.1, 0.15) is 32.6 Å². The first kappa shape index (κ1) is 17.7. The lowest BCUT2D eigenvalue weighted by Gasteiger charge is -2.31. The number of carbonyl (C=O) groups excluding carboxylic acids is 1. The Morgan fingerprint density at radius 1 is 1.29 bits per heavy atom. The molecule has 0 aromatic carbocycles. The molecule has 7 heteroatoms. The second kappa shape index (κ2) is 10.4. The van der Waals surface area contributed by atoms with Crippen LogP contribution in [0.3, 0.4) is 0 Å². The Morgan fingerprint density at radius 2 is 2.00 bits per heavy atom. The molecule has 0 atom stereocenters. The molecule has 0 unspecified atom stereocenters. The minimum atomic E-state index is -0.958. The zero-order valence-electron chi connectivity index (χ0n) is 12.7. The van der Waals surface area contributed by atoms with Crippen LogP contribution < -0.4 is 5.32 Å². The molecular weight excluding hydrogens is 276 g/mol. The van der Waals surface area contributed by atoms with Crippen molar-refractivity contribution in [2.75, 3.05) is 39.5 Å². The van der Waals surface area contributed by atoms with Gasteiger partial charge in [0.2, 0.25) is 0 Å². The average molecular weight is 302 g/mol. The molecule has 0 aromatic heterocycles. The molecule has 1 aliphatic rings. The largest absolute Gasteiger partial charge is 0.480 e. The van der Waals surface area contributed by atoms with Gasteiger partial charge in [-0.15, -0.1) is 0 Å². The van der Waals surface area contributed by atoms with Crippen LogP contribution in [0.5, 0.6) is 0 Å². The van der Waals surface area contributed by atoms with E-state index in [4.69, 9.17) is 14.6 Å². The van der Waals surface area contributed by atoms with Crippen LogP contribution in [0, 0.1) is 0 Å². The van der Waals surface area contributed by atoms with E-state index in [0.717, 1.165) is 19.4 Å². The highest BCUT2D eigenvalue weighted by atomic mass is 16.5. The van der Waals surface area contributed by atoms with E-state index in [1.54, 1.807) is 4.90 Å². The topological polar surface area (TPSA) is 88.1 Å². The average Bonchev–Trinajstić information content (AvgIpc) is 2.49. The second-order valence-corrected chi connectivity index (χ2v) is 5.09. The number of hydrogen-bond acceptors (Lipinski definition) is 4. The van der Waals surface area contributed by atoms with Crippen LogP contribution in [0.15, 0.2) is 0 Å². The first-order chi connectivity index (χ1) is 10.1. The summed E-state index contributed by atoms with van der Waals surface area (Å²) >= 11 is 0. The molecular formula is C14H26N2O5. The molecule has 0 aliphatic carbocycles. The lowest BCUT2D eigenvalue weighted by molar-refractivity contribution is -0.145. The van der Waals surface area contributed by atoms with Gasteiger partial charge < -0.3 is 24.8 Å². The summed E-state index contributed by atoms with van der Waals surface area (Å²) in [5.74, 6) is -0.958. The second-order valence-electron chi connectivity index (χ2n) is 5.09. The number of piperidine rings is 1. The smallest absolute Gasteiger partial charge is 0.329 e. The Bertz CT molecular complexity index is 316. The predicted molar refractivity (Wildman–Crippen MR) is 77.3 cm³/mol. The van der Waals surface area contributed by atoms with Gasteiger partial charge in [0.1, 0.15) is 6.61 Å². The van der Waals surface area contributed by atoms with E-state index in [1.165, 1.54) is 0 Å². The van der Waals surface area contributed by atoms with Gasteiger partial charge in [0.15, 0.2) is 0 Å². The van der Waals surface area contributed by atoms with Crippen molar-refractivity contribution in [3.8, 4) is 0 Å². The Labute approximate surface area is 125 Å². The molecule has 1 fully saturated rings. The van der Waals surface area contributed by atoms with Crippen molar-refractivity contribution in [1.29, 1.82) is 0 Å². The highest BCUT2D eigenvalue weighted by Gasteiger charge is 2.23. The molecule has 0 aromatic rings. The van der Waals surface area contributed by atoms with Gasteiger partial charge in [-0.1, -0.05) is 6.92 Å². The summed E-state index contributed by atoms with van der Waals surface area (Å²) in [5.41, 5.74) is 0. The fourth-order valence-electron chi connectivity index (χ4n) is 2.14. The van der Waals surface area contributed by atoms with Crippen molar-refractivity contribution >= 4 is 12.0 Å². The molecule has 7 nitrogen and oxygen atoms in total. The monoisotopic (exact) mass is 302 g/mol. The Kier molecular flexibility index (Phi) is 8.77. The molecule has 2 amide bonds. The van der Waals surface area contributed by atoms with Gasteiger partial charge in [-0.25, -0.2) is 9.59 Å². The third kappa shape index (κ3) is 7.87. The quantitative estimate of drug-likeness (QED) is 0.622.